The summed E-state index contributed by atoms with van der Waals surface area (Å²) in [7, 11) is 0. The van der Waals surface area contributed by atoms with Crippen molar-refractivity contribution in [3.63, 3.8) is 0 Å². The van der Waals surface area contributed by atoms with Gasteiger partial charge in [0.05, 0.1) is 6.42 Å². The van der Waals surface area contributed by atoms with Gasteiger partial charge in [-0.2, -0.15) is 0 Å². The number of carbonyl (C=O) groups excluding carboxylic acids is 3. The number of allylic oxidation sites excluding steroid dienone is 27. The van der Waals surface area contributed by atoms with Gasteiger partial charge < -0.3 is 14.2 Å². The van der Waals surface area contributed by atoms with Gasteiger partial charge in [0.25, 0.3) is 0 Å². The standard InChI is InChI=1S/C69H106O6/c1-4-7-10-13-16-19-22-25-28-30-32-33-34-35-37-38-41-44-47-50-53-56-59-62-68(71)74-65-66(64-73-67(70)61-58-55-52-49-46-43-40-27-24-21-18-15-12-9-6-3)75-69(72)63-60-57-54-51-48-45-42-39-36-31-29-26-23-20-17-14-11-8-5-2/h7,9-10,12,16-21,25-29,32-33,35,37,40-41,44,46,49-50,53,55,58,66H,4-6,8,11,13-15,22-24,30-31,34,36,38-39,42-43,45,47-48,51-52,54,56-57,59-65H2,1-3H3/b10-7-,12-9-,19-16-,20-17-,21-18-,28-25-,29-26-,33-32-,37-35-,40-27-,44-41-,49-46-,53-50-,58-55-. The molecule has 1 unspecified atom stereocenters. The summed E-state index contributed by atoms with van der Waals surface area (Å²) in [5.74, 6) is -1.15. The number of carbonyl (C=O) groups is 3. The van der Waals surface area contributed by atoms with Gasteiger partial charge in [0.1, 0.15) is 13.2 Å². The zero-order valence-electron chi connectivity index (χ0n) is 47.7. The van der Waals surface area contributed by atoms with Crippen molar-refractivity contribution >= 4 is 17.9 Å². The maximum atomic E-state index is 12.9. The molecular weight excluding hydrogens is 925 g/mol. The van der Waals surface area contributed by atoms with Gasteiger partial charge in [-0.3, -0.25) is 14.4 Å². The average Bonchev–Trinajstić information content (AvgIpc) is 3.41. The second-order valence-corrected chi connectivity index (χ2v) is 18.8. The van der Waals surface area contributed by atoms with Crippen LogP contribution in [0.15, 0.2) is 170 Å². The molecule has 0 radical (unpaired) electrons. The summed E-state index contributed by atoms with van der Waals surface area (Å²) in [5.41, 5.74) is 0. The fourth-order valence-corrected chi connectivity index (χ4v) is 7.36. The molecule has 0 aliphatic carbocycles. The predicted molar refractivity (Wildman–Crippen MR) is 325 cm³/mol. The van der Waals surface area contributed by atoms with Crippen LogP contribution in [0.3, 0.4) is 0 Å². The lowest BCUT2D eigenvalue weighted by molar-refractivity contribution is -0.166. The summed E-state index contributed by atoms with van der Waals surface area (Å²) in [6.07, 6.45) is 90.9. The molecule has 0 fully saturated rings. The SMILES string of the molecule is CC/C=C\C/C=C\C/C=C\C/C=C\C/C=C\C/C=C\C/C=C\CCCC(=O)OCC(COC(=O)C/C=C\C/C=C\C/C=C\C/C=C\C/C=C\CC)OC(=O)CCCCCCCCCCC/C=C\C/C=C\CCCCC. The van der Waals surface area contributed by atoms with Crippen molar-refractivity contribution in [1.29, 1.82) is 0 Å². The van der Waals surface area contributed by atoms with Crippen molar-refractivity contribution < 1.29 is 28.6 Å². The van der Waals surface area contributed by atoms with Crippen molar-refractivity contribution in [3.8, 4) is 0 Å². The topological polar surface area (TPSA) is 78.9 Å². The number of hydrogen-bond donors (Lipinski definition) is 0. The number of ether oxygens (including phenoxy) is 3. The van der Waals surface area contributed by atoms with E-state index in [1.54, 1.807) is 6.08 Å². The summed E-state index contributed by atoms with van der Waals surface area (Å²) >= 11 is 0. The molecule has 0 aromatic carbocycles. The van der Waals surface area contributed by atoms with Crippen LogP contribution in [0.4, 0.5) is 0 Å². The van der Waals surface area contributed by atoms with Crippen molar-refractivity contribution in [1.82, 2.24) is 0 Å². The summed E-state index contributed by atoms with van der Waals surface area (Å²) in [6, 6.07) is 0. The Morgan fingerprint density at radius 2 is 0.587 bits per heavy atom. The fraction of sp³-hybridized carbons (Fsp3) is 0.551. The number of rotatable bonds is 51. The van der Waals surface area contributed by atoms with E-state index in [9.17, 15) is 14.4 Å². The van der Waals surface area contributed by atoms with Gasteiger partial charge in [0.15, 0.2) is 6.10 Å². The normalized spacial score (nSPS) is 13.4. The minimum Gasteiger partial charge on any atom is -0.462 e. The molecule has 6 heteroatoms. The van der Waals surface area contributed by atoms with E-state index < -0.39 is 12.1 Å². The quantitative estimate of drug-likeness (QED) is 0.0261. The number of esters is 3. The van der Waals surface area contributed by atoms with Crippen LogP contribution in [-0.2, 0) is 28.6 Å². The largest absolute Gasteiger partial charge is 0.462 e. The summed E-state index contributed by atoms with van der Waals surface area (Å²) in [4.78, 5) is 38.1. The zero-order valence-corrected chi connectivity index (χ0v) is 47.7. The van der Waals surface area contributed by atoms with Crippen LogP contribution in [0.1, 0.15) is 226 Å². The molecule has 0 amide bonds. The highest BCUT2D eigenvalue weighted by Crippen LogP contribution is 2.13. The Hall–Kier alpha value is -5.23. The molecule has 0 spiro atoms. The van der Waals surface area contributed by atoms with Crippen LogP contribution in [-0.4, -0.2) is 37.2 Å². The molecule has 75 heavy (non-hydrogen) atoms. The average molecular weight is 1030 g/mol. The first-order valence-corrected chi connectivity index (χ1v) is 29.6. The molecule has 0 aliphatic rings. The Labute approximate surface area is 460 Å². The third-order valence-electron chi connectivity index (χ3n) is 11.7. The lowest BCUT2D eigenvalue weighted by Crippen LogP contribution is -2.30. The molecule has 6 nitrogen and oxygen atoms in total. The van der Waals surface area contributed by atoms with Crippen molar-refractivity contribution in [2.75, 3.05) is 13.2 Å². The van der Waals surface area contributed by atoms with Crippen LogP contribution in [0.5, 0.6) is 0 Å². The predicted octanol–water partition coefficient (Wildman–Crippen LogP) is 20.3. The molecule has 418 valence electrons. The number of unbranched alkanes of at least 4 members (excludes halogenated alkanes) is 13. The lowest BCUT2D eigenvalue weighted by atomic mass is 10.1. The second-order valence-electron chi connectivity index (χ2n) is 18.8. The monoisotopic (exact) mass is 1030 g/mol. The minimum atomic E-state index is -0.854. The Morgan fingerprint density at radius 3 is 0.973 bits per heavy atom. The third kappa shape index (κ3) is 59.5. The Bertz CT molecular complexity index is 1750. The van der Waals surface area contributed by atoms with Gasteiger partial charge in [-0.15, -0.1) is 0 Å². The first kappa shape index (κ1) is 69.8. The molecule has 0 aliphatic heterocycles. The minimum absolute atomic E-state index is 0.107. The number of hydrogen-bond acceptors (Lipinski definition) is 6. The second kappa shape index (κ2) is 61.3. The van der Waals surface area contributed by atoms with Gasteiger partial charge in [-0.05, 0) is 128 Å². The molecule has 0 rings (SSSR count). The van der Waals surface area contributed by atoms with E-state index in [1.807, 2.05) is 6.08 Å². The van der Waals surface area contributed by atoms with Crippen LogP contribution in [0.25, 0.3) is 0 Å². The highest BCUT2D eigenvalue weighted by atomic mass is 16.6. The Balaban J connectivity index is 4.60. The Kier molecular flexibility index (Phi) is 57.0. The highest BCUT2D eigenvalue weighted by Gasteiger charge is 2.19. The van der Waals surface area contributed by atoms with Crippen molar-refractivity contribution in [3.05, 3.63) is 170 Å². The van der Waals surface area contributed by atoms with E-state index in [4.69, 9.17) is 14.2 Å². The zero-order chi connectivity index (χ0) is 54.3. The van der Waals surface area contributed by atoms with E-state index >= 15 is 0 Å². The lowest BCUT2D eigenvalue weighted by Gasteiger charge is -2.18. The van der Waals surface area contributed by atoms with Crippen molar-refractivity contribution in [2.24, 2.45) is 0 Å². The molecule has 0 bridgehead atoms. The van der Waals surface area contributed by atoms with Crippen molar-refractivity contribution in [2.45, 2.75) is 232 Å². The van der Waals surface area contributed by atoms with E-state index in [-0.39, 0.29) is 44.4 Å². The molecule has 1 atom stereocenters. The molecule has 0 aromatic rings. The summed E-state index contributed by atoms with van der Waals surface area (Å²) in [5, 5.41) is 0. The third-order valence-corrected chi connectivity index (χ3v) is 11.7. The van der Waals surface area contributed by atoms with Gasteiger partial charge in [0, 0.05) is 12.8 Å². The molecular formula is C69H106O6. The van der Waals surface area contributed by atoms with Crippen LogP contribution >= 0.6 is 0 Å². The van der Waals surface area contributed by atoms with E-state index in [0.29, 0.717) is 6.42 Å². The Morgan fingerprint density at radius 1 is 0.293 bits per heavy atom. The smallest absolute Gasteiger partial charge is 0.309 e. The van der Waals surface area contributed by atoms with Crippen LogP contribution in [0, 0.1) is 0 Å². The van der Waals surface area contributed by atoms with Gasteiger partial charge in [0.2, 0.25) is 0 Å². The summed E-state index contributed by atoms with van der Waals surface area (Å²) in [6.45, 7) is 6.23. The van der Waals surface area contributed by atoms with Gasteiger partial charge >= 0.3 is 17.9 Å². The van der Waals surface area contributed by atoms with E-state index in [1.165, 1.54) is 70.6 Å². The molecule has 0 aromatic heterocycles. The van der Waals surface area contributed by atoms with E-state index in [2.05, 4.69) is 179 Å². The molecule has 0 N–H and O–H groups in total. The van der Waals surface area contributed by atoms with Crippen LogP contribution < -0.4 is 0 Å². The molecule has 0 saturated heterocycles. The molecule has 0 saturated carbocycles. The molecule has 0 heterocycles. The highest BCUT2D eigenvalue weighted by molar-refractivity contribution is 5.72. The van der Waals surface area contributed by atoms with Gasteiger partial charge in [-0.25, -0.2) is 0 Å². The first-order valence-electron chi connectivity index (χ1n) is 29.6. The summed E-state index contributed by atoms with van der Waals surface area (Å²) < 4.78 is 16.7. The fourth-order valence-electron chi connectivity index (χ4n) is 7.36. The van der Waals surface area contributed by atoms with Gasteiger partial charge in [-0.1, -0.05) is 249 Å². The van der Waals surface area contributed by atoms with Crippen LogP contribution in [0.2, 0.25) is 0 Å². The maximum Gasteiger partial charge on any atom is 0.309 e. The maximum absolute atomic E-state index is 12.9. The van der Waals surface area contributed by atoms with E-state index in [0.717, 1.165) is 109 Å². The first-order chi connectivity index (χ1) is 37.0.